The second-order valence-corrected chi connectivity index (χ2v) is 5.60. The Morgan fingerprint density at radius 2 is 1.45 bits per heavy atom. The van der Waals surface area contributed by atoms with E-state index in [2.05, 4.69) is 13.8 Å². The molecule has 0 unspecified atom stereocenters. The van der Waals surface area contributed by atoms with E-state index in [-0.39, 0.29) is 0 Å². The maximum absolute atomic E-state index is 12.3. The first-order chi connectivity index (χ1) is 9.44. The van der Waals surface area contributed by atoms with Crippen LogP contribution in [-0.4, -0.2) is 25.2 Å². The average Bonchev–Trinajstić information content (AvgIpc) is 2.40. The van der Waals surface area contributed by atoms with Crippen molar-refractivity contribution < 1.29 is 19.1 Å². The minimum atomic E-state index is -1.13. The van der Waals surface area contributed by atoms with E-state index >= 15 is 0 Å². The minimum absolute atomic E-state index is 0.362. The van der Waals surface area contributed by atoms with Gasteiger partial charge in [0.15, 0.2) is 5.41 Å². The highest BCUT2D eigenvalue weighted by Gasteiger charge is 2.45. The van der Waals surface area contributed by atoms with Crippen LogP contribution in [0.1, 0.15) is 66.7 Å². The van der Waals surface area contributed by atoms with E-state index in [9.17, 15) is 9.59 Å². The van der Waals surface area contributed by atoms with Crippen LogP contribution in [0.25, 0.3) is 0 Å². The predicted octanol–water partition coefficient (Wildman–Crippen LogP) is 3.73. The molecule has 0 aliphatic rings. The standard InChI is InChI=1S/C16H30O4/c1-6-9-11-19-14(17)16(7-2,8-3)15(18)20-12-10-13(4)5/h13H,6-12H2,1-5H3. The van der Waals surface area contributed by atoms with E-state index < -0.39 is 17.4 Å². The van der Waals surface area contributed by atoms with Crippen LogP contribution in [0.15, 0.2) is 0 Å². The van der Waals surface area contributed by atoms with E-state index in [0.717, 1.165) is 19.3 Å². The molecular formula is C16H30O4. The molecule has 4 nitrogen and oxygen atoms in total. The van der Waals surface area contributed by atoms with Crippen molar-refractivity contribution in [1.29, 1.82) is 0 Å². The SMILES string of the molecule is CCCCOC(=O)C(CC)(CC)C(=O)OCCC(C)C. The number of ether oxygens (including phenoxy) is 2. The first kappa shape index (κ1) is 18.9. The summed E-state index contributed by atoms with van der Waals surface area (Å²) in [6, 6.07) is 0. The monoisotopic (exact) mass is 286 g/mol. The molecule has 4 heteroatoms. The Bertz CT molecular complexity index is 293. The number of esters is 2. The molecule has 0 radical (unpaired) electrons. The van der Waals surface area contributed by atoms with E-state index in [1.807, 2.05) is 20.8 Å². The van der Waals surface area contributed by atoms with Crippen LogP contribution in [0.2, 0.25) is 0 Å². The smallest absolute Gasteiger partial charge is 0.323 e. The first-order valence-electron chi connectivity index (χ1n) is 7.79. The lowest BCUT2D eigenvalue weighted by atomic mass is 9.82. The summed E-state index contributed by atoms with van der Waals surface area (Å²) >= 11 is 0. The number of carbonyl (C=O) groups excluding carboxylic acids is 2. The summed E-state index contributed by atoms with van der Waals surface area (Å²) in [4.78, 5) is 24.5. The van der Waals surface area contributed by atoms with Crippen molar-refractivity contribution in [2.24, 2.45) is 11.3 Å². The van der Waals surface area contributed by atoms with Crippen molar-refractivity contribution in [1.82, 2.24) is 0 Å². The molecule has 0 atom stereocenters. The fraction of sp³-hybridized carbons (Fsp3) is 0.875. The average molecular weight is 286 g/mol. The van der Waals surface area contributed by atoms with E-state index in [4.69, 9.17) is 9.47 Å². The summed E-state index contributed by atoms with van der Waals surface area (Å²) in [5.74, 6) is -0.410. The van der Waals surface area contributed by atoms with Gasteiger partial charge in [-0.25, -0.2) is 0 Å². The van der Waals surface area contributed by atoms with Gasteiger partial charge in [0.25, 0.3) is 0 Å². The summed E-state index contributed by atoms with van der Waals surface area (Å²) in [5, 5.41) is 0. The quantitative estimate of drug-likeness (QED) is 0.349. The van der Waals surface area contributed by atoms with Crippen LogP contribution < -0.4 is 0 Å². The normalized spacial score (nSPS) is 11.5. The third-order valence-corrected chi connectivity index (χ3v) is 3.65. The van der Waals surface area contributed by atoms with Gasteiger partial charge in [-0.15, -0.1) is 0 Å². The highest BCUT2D eigenvalue weighted by Crippen LogP contribution is 2.30. The largest absolute Gasteiger partial charge is 0.465 e. The van der Waals surface area contributed by atoms with Crippen LogP contribution >= 0.6 is 0 Å². The van der Waals surface area contributed by atoms with Gasteiger partial charge < -0.3 is 9.47 Å². The van der Waals surface area contributed by atoms with Crippen LogP contribution in [0.5, 0.6) is 0 Å². The highest BCUT2D eigenvalue weighted by atomic mass is 16.6. The number of rotatable bonds is 10. The zero-order chi connectivity index (χ0) is 15.6. The van der Waals surface area contributed by atoms with Crippen LogP contribution in [-0.2, 0) is 19.1 Å². The topological polar surface area (TPSA) is 52.6 Å². The highest BCUT2D eigenvalue weighted by molar-refractivity contribution is 5.99. The Kier molecular flexibility index (Phi) is 9.26. The molecule has 0 amide bonds. The molecule has 0 aliphatic heterocycles. The first-order valence-corrected chi connectivity index (χ1v) is 7.79. The fourth-order valence-corrected chi connectivity index (χ4v) is 1.88. The van der Waals surface area contributed by atoms with Crippen molar-refractivity contribution >= 4 is 11.9 Å². The molecule has 0 bridgehead atoms. The molecule has 0 N–H and O–H groups in total. The third-order valence-electron chi connectivity index (χ3n) is 3.65. The summed E-state index contributed by atoms with van der Waals surface area (Å²) in [6.07, 6.45) is 3.40. The lowest BCUT2D eigenvalue weighted by Crippen LogP contribution is -2.41. The van der Waals surface area contributed by atoms with Gasteiger partial charge in [0.2, 0.25) is 0 Å². The lowest BCUT2D eigenvalue weighted by molar-refractivity contribution is -0.173. The van der Waals surface area contributed by atoms with Crippen molar-refractivity contribution in [2.75, 3.05) is 13.2 Å². The van der Waals surface area contributed by atoms with Gasteiger partial charge in [0.1, 0.15) is 0 Å². The Morgan fingerprint density at radius 3 is 1.85 bits per heavy atom. The number of hydrogen-bond acceptors (Lipinski definition) is 4. The Morgan fingerprint density at radius 1 is 0.950 bits per heavy atom. The second-order valence-electron chi connectivity index (χ2n) is 5.60. The van der Waals surface area contributed by atoms with Crippen molar-refractivity contribution in [2.45, 2.75) is 66.7 Å². The Hall–Kier alpha value is -1.06. The molecule has 0 aromatic rings. The molecule has 0 saturated heterocycles. The maximum Gasteiger partial charge on any atom is 0.323 e. The van der Waals surface area contributed by atoms with Crippen molar-refractivity contribution in [3.05, 3.63) is 0 Å². The Labute approximate surface area is 123 Å². The second kappa shape index (κ2) is 9.78. The molecule has 20 heavy (non-hydrogen) atoms. The van der Waals surface area contributed by atoms with Crippen LogP contribution in [0, 0.1) is 11.3 Å². The minimum Gasteiger partial charge on any atom is -0.465 e. The predicted molar refractivity (Wildman–Crippen MR) is 79.3 cm³/mol. The van der Waals surface area contributed by atoms with Crippen LogP contribution in [0.4, 0.5) is 0 Å². The summed E-state index contributed by atoms with van der Waals surface area (Å²) < 4.78 is 10.5. The molecule has 0 aromatic carbocycles. The van der Waals surface area contributed by atoms with E-state index in [0.29, 0.717) is 32.0 Å². The molecular weight excluding hydrogens is 256 g/mol. The third kappa shape index (κ3) is 5.51. The molecule has 0 spiro atoms. The van der Waals surface area contributed by atoms with Crippen molar-refractivity contribution in [3.63, 3.8) is 0 Å². The van der Waals surface area contributed by atoms with Crippen LogP contribution in [0.3, 0.4) is 0 Å². The molecule has 118 valence electrons. The number of carbonyl (C=O) groups is 2. The van der Waals surface area contributed by atoms with Gasteiger partial charge in [-0.05, 0) is 31.6 Å². The van der Waals surface area contributed by atoms with Crippen molar-refractivity contribution in [3.8, 4) is 0 Å². The number of hydrogen-bond donors (Lipinski definition) is 0. The molecule has 0 rings (SSSR count). The van der Waals surface area contributed by atoms with Gasteiger partial charge in [-0.2, -0.15) is 0 Å². The zero-order valence-corrected chi connectivity index (χ0v) is 13.7. The van der Waals surface area contributed by atoms with E-state index in [1.165, 1.54) is 0 Å². The summed E-state index contributed by atoms with van der Waals surface area (Å²) in [7, 11) is 0. The molecule has 0 saturated carbocycles. The molecule has 0 heterocycles. The maximum atomic E-state index is 12.3. The molecule has 0 aliphatic carbocycles. The number of unbranched alkanes of at least 4 members (excludes halogenated alkanes) is 1. The van der Waals surface area contributed by atoms with Gasteiger partial charge in [0, 0.05) is 0 Å². The Balaban J connectivity index is 4.63. The fourth-order valence-electron chi connectivity index (χ4n) is 1.88. The van der Waals surface area contributed by atoms with E-state index in [1.54, 1.807) is 0 Å². The summed E-state index contributed by atoms with van der Waals surface area (Å²) in [6.45, 7) is 10.6. The van der Waals surface area contributed by atoms with Gasteiger partial charge in [-0.3, -0.25) is 9.59 Å². The summed E-state index contributed by atoms with van der Waals surface area (Å²) in [5.41, 5.74) is -1.13. The molecule has 0 fully saturated rings. The lowest BCUT2D eigenvalue weighted by Gasteiger charge is -2.27. The molecule has 0 aromatic heterocycles. The van der Waals surface area contributed by atoms with Gasteiger partial charge >= 0.3 is 11.9 Å². The van der Waals surface area contributed by atoms with Gasteiger partial charge in [0.05, 0.1) is 13.2 Å². The van der Waals surface area contributed by atoms with Gasteiger partial charge in [-0.1, -0.05) is 41.0 Å². The zero-order valence-electron chi connectivity index (χ0n) is 13.7.